The van der Waals surface area contributed by atoms with Crippen LogP contribution in [0.1, 0.15) is 74.7 Å². The van der Waals surface area contributed by atoms with Crippen LogP contribution in [-0.4, -0.2) is 31.6 Å². The molecule has 0 bridgehead atoms. The molecule has 3 heterocycles. The Morgan fingerprint density at radius 2 is 1.89 bits per heavy atom. The van der Waals surface area contributed by atoms with Gasteiger partial charge in [-0.3, -0.25) is 14.3 Å². The lowest BCUT2D eigenvalue weighted by atomic mass is 9.85. The Bertz CT molecular complexity index is 1270. The molecule has 2 N–H and O–H groups in total. The zero-order valence-corrected chi connectivity index (χ0v) is 22.7. The third-order valence-electron chi connectivity index (χ3n) is 7.11. The molecule has 0 radical (unpaired) electrons. The molecule has 2 fully saturated rings. The number of thiazole rings is 1. The first kappa shape index (κ1) is 25.6. The van der Waals surface area contributed by atoms with Crippen LogP contribution in [0.3, 0.4) is 0 Å². The fraction of sp³-hybridized carbons (Fsp3) is 0.536. The molecule has 0 saturated heterocycles. The third kappa shape index (κ3) is 6.83. The Labute approximate surface area is 222 Å². The number of hydrogen-bond donors (Lipinski definition) is 2. The van der Waals surface area contributed by atoms with Crippen LogP contribution >= 0.6 is 11.3 Å². The Morgan fingerprint density at radius 3 is 2.59 bits per heavy atom. The van der Waals surface area contributed by atoms with Crippen LogP contribution < -0.4 is 10.6 Å². The van der Waals surface area contributed by atoms with E-state index >= 15 is 0 Å². The zero-order valence-electron chi connectivity index (χ0n) is 21.9. The maximum absolute atomic E-state index is 12.9. The molecule has 0 spiro atoms. The van der Waals surface area contributed by atoms with Crippen LogP contribution in [0.5, 0.6) is 0 Å². The highest BCUT2D eigenvalue weighted by Crippen LogP contribution is 2.32. The van der Waals surface area contributed by atoms with Gasteiger partial charge in [-0.25, -0.2) is 9.97 Å². The summed E-state index contributed by atoms with van der Waals surface area (Å²) in [6, 6.07) is 5.99. The van der Waals surface area contributed by atoms with E-state index in [0.29, 0.717) is 16.9 Å². The first-order chi connectivity index (χ1) is 17.7. The minimum absolute atomic E-state index is 0.0536. The van der Waals surface area contributed by atoms with E-state index in [4.69, 9.17) is 5.10 Å². The van der Waals surface area contributed by atoms with Crippen LogP contribution in [-0.2, 0) is 40.8 Å². The van der Waals surface area contributed by atoms with E-state index in [0.717, 1.165) is 60.5 Å². The summed E-state index contributed by atoms with van der Waals surface area (Å²) in [5.41, 5.74) is 3.04. The molecule has 0 unspecified atom stereocenters. The van der Waals surface area contributed by atoms with Crippen molar-refractivity contribution in [2.75, 3.05) is 10.6 Å². The number of carbonyl (C=O) groups is 2. The molecule has 2 aliphatic carbocycles. The lowest BCUT2D eigenvalue weighted by Crippen LogP contribution is -2.28. The summed E-state index contributed by atoms with van der Waals surface area (Å²) in [4.78, 5) is 34.9. The van der Waals surface area contributed by atoms with Gasteiger partial charge < -0.3 is 10.6 Å². The normalized spacial score (nSPS) is 15.9. The smallest absolute Gasteiger partial charge is 0.232 e. The molecular weight excluding hydrogens is 484 g/mol. The number of carbonyl (C=O) groups excluding carboxylic acids is 2. The Balaban J connectivity index is 1.14. The highest BCUT2D eigenvalue weighted by atomic mass is 32.1. The van der Waals surface area contributed by atoms with Crippen LogP contribution in [0.25, 0.3) is 0 Å². The fourth-order valence-electron chi connectivity index (χ4n) is 4.34. The first-order valence-corrected chi connectivity index (χ1v) is 14.1. The molecule has 3 aromatic heterocycles. The molecule has 2 amide bonds. The summed E-state index contributed by atoms with van der Waals surface area (Å²) in [6.07, 6.45) is 11.0. The van der Waals surface area contributed by atoms with Crippen LogP contribution in [0, 0.1) is 11.8 Å². The van der Waals surface area contributed by atoms with Crippen molar-refractivity contribution in [2.24, 2.45) is 11.8 Å². The summed E-state index contributed by atoms with van der Waals surface area (Å²) in [6.45, 7) is 7.34. The van der Waals surface area contributed by atoms with Crippen molar-refractivity contribution in [3.8, 4) is 0 Å². The van der Waals surface area contributed by atoms with Crippen LogP contribution in [0.2, 0.25) is 0 Å². The molecule has 37 heavy (non-hydrogen) atoms. The molecule has 2 saturated carbocycles. The van der Waals surface area contributed by atoms with Crippen molar-refractivity contribution in [1.29, 1.82) is 0 Å². The van der Waals surface area contributed by atoms with E-state index in [1.165, 1.54) is 24.2 Å². The standard InChI is InChI=1S/C28H36N6O2S/c1-28(2,3)23-14-21(34(33-23)17-19-7-8-19)15-25(35)32-27-30-16-22(37-27)10-9-18-11-12-29-24(13-18)31-26(36)20-5-4-6-20/h11-14,16,19-20H,4-10,15,17H2,1-3H3,(H,29,31,36)(H,30,32,35). The molecule has 2 aliphatic rings. The second-order valence-corrected chi connectivity index (χ2v) is 12.5. The number of aromatic nitrogens is 4. The molecule has 5 rings (SSSR count). The fourth-order valence-corrected chi connectivity index (χ4v) is 5.17. The molecule has 0 atom stereocenters. The van der Waals surface area contributed by atoms with E-state index in [9.17, 15) is 9.59 Å². The molecule has 0 aromatic carbocycles. The van der Waals surface area contributed by atoms with Gasteiger partial charge in [0.2, 0.25) is 11.8 Å². The molecule has 0 aliphatic heterocycles. The van der Waals surface area contributed by atoms with Gasteiger partial charge in [-0.1, -0.05) is 27.2 Å². The molecule has 8 nitrogen and oxygen atoms in total. The number of rotatable bonds is 10. The Kier molecular flexibility index (Phi) is 7.42. The van der Waals surface area contributed by atoms with Crippen molar-refractivity contribution in [1.82, 2.24) is 19.7 Å². The summed E-state index contributed by atoms with van der Waals surface area (Å²) in [7, 11) is 0. The average Bonchev–Trinajstić information content (AvgIpc) is 3.35. The van der Waals surface area contributed by atoms with E-state index in [1.807, 2.05) is 23.0 Å². The van der Waals surface area contributed by atoms with Crippen molar-refractivity contribution in [3.05, 3.63) is 52.4 Å². The van der Waals surface area contributed by atoms with Crippen LogP contribution in [0.4, 0.5) is 10.9 Å². The predicted molar refractivity (Wildman–Crippen MR) is 146 cm³/mol. The first-order valence-electron chi connectivity index (χ1n) is 13.3. The van der Waals surface area contributed by atoms with Crippen molar-refractivity contribution >= 4 is 34.1 Å². The maximum atomic E-state index is 12.9. The van der Waals surface area contributed by atoms with Crippen LogP contribution in [0.15, 0.2) is 30.6 Å². The highest BCUT2D eigenvalue weighted by Gasteiger charge is 2.27. The lowest BCUT2D eigenvalue weighted by molar-refractivity contribution is -0.122. The van der Waals surface area contributed by atoms with E-state index in [1.54, 1.807) is 6.20 Å². The monoisotopic (exact) mass is 520 g/mol. The molecule has 9 heteroatoms. The predicted octanol–water partition coefficient (Wildman–Crippen LogP) is 5.15. The molecule has 3 aromatic rings. The van der Waals surface area contributed by atoms with Gasteiger partial charge in [-0.2, -0.15) is 5.10 Å². The number of amides is 2. The summed E-state index contributed by atoms with van der Waals surface area (Å²) < 4.78 is 2.03. The van der Waals surface area contributed by atoms with Gasteiger partial charge in [0, 0.05) is 40.8 Å². The zero-order chi connectivity index (χ0) is 26.0. The second-order valence-electron chi connectivity index (χ2n) is 11.4. The lowest BCUT2D eigenvalue weighted by Gasteiger charge is -2.23. The number of pyridine rings is 1. The number of hydrogen-bond acceptors (Lipinski definition) is 6. The summed E-state index contributed by atoms with van der Waals surface area (Å²) >= 11 is 1.50. The van der Waals surface area contributed by atoms with Gasteiger partial charge in [-0.05, 0) is 68.2 Å². The average molecular weight is 521 g/mol. The number of anilines is 2. The van der Waals surface area contributed by atoms with E-state index < -0.39 is 0 Å². The van der Waals surface area contributed by atoms with Gasteiger partial charge in [0.1, 0.15) is 5.82 Å². The van der Waals surface area contributed by atoms with Gasteiger partial charge >= 0.3 is 0 Å². The maximum Gasteiger partial charge on any atom is 0.232 e. The molecular formula is C28H36N6O2S. The van der Waals surface area contributed by atoms with Gasteiger partial charge in [0.25, 0.3) is 0 Å². The topological polar surface area (TPSA) is 102 Å². The van der Waals surface area contributed by atoms with Crippen molar-refractivity contribution in [2.45, 2.75) is 84.1 Å². The minimum Gasteiger partial charge on any atom is -0.310 e. The number of nitrogens with one attached hydrogen (secondary N) is 2. The van der Waals surface area contributed by atoms with Crippen molar-refractivity contribution < 1.29 is 9.59 Å². The third-order valence-corrected chi connectivity index (χ3v) is 8.09. The minimum atomic E-state index is -0.0701. The van der Waals surface area contributed by atoms with Gasteiger partial charge in [-0.15, -0.1) is 11.3 Å². The highest BCUT2D eigenvalue weighted by molar-refractivity contribution is 7.15. The quantitative estimate of drug-likeness (QED) is 0.385. The number of nitrogens with zero attached hydrogens (tertiary/aromatic N) is 4. The van der Waals surface area contributed by atoms with Gasteiger partial charge in [0.15, 0.2) is 5.13 Å². The summed E-state index contributed by atoms with van der Waals surface area (Å²) in [5.74, 6) is 1.44. The summed E-state index contributed by atoms with van der Waals surface area (Å²) in [5, 5.41) is 11.3. The molecule has 196 valence electrons. The van der Waals surface area contributed by atoms with E-state index in [-0.39, 0.29) is 29.6 Å². The Morgan fingerprint density at radius 1 is 1.08 bits per heavy atom. The Hall–Kier alpha value is -3.07. The number of aryl methyl sites for hydroxylation is 2. The second kappa shape index (κ2) is 10.7. The largest absolute Gasteiger partial charge is 0.310 e. The van der Waals surface area contributed by atoms with Crippen molar-refractivity contribution in [3.63, 3.8) is 0 Å². The SMILES string of the molecule is CC(C)(C)c1cc(CC(=O)Nc2ncc(CCc3ccnc(NC(=O)C4CCC4)c3)s2)n(CC2CC2)n1. The van der Waals surface area contributed by atoms with Gasteiger partial charge in [0.05, 0.1) is 12.1 Å². The van der Waals surface area contributed by atoms with E-state index in [2.05, 4.69) is 47.4 Å².